The van der Waals surface area contributed by atoms with Crippen molar-refractivity contribution in [1.82, 2.24) is 15.1 Å². The number of rotatable bonds is 6. The van der Waals surface area contributed by atoms with Gasteiger partial charge in [0, 0.05) is 29.4 Å². The van der Waals surface area contributed by atoms with E-state index >= 15 is 0 Å². The molecule has 1 fully saturated rings. The molecule has 1 aliphatic carbocycles. The number of benzene rings is 2. The van der Waals surface area contributed by atoms with Gasteiger partial charge in [-0.05, 0) is 73.1 Å². The standard InChI is InChI=1S/C20H20ClN3.C2H4N2.C2H2O2.C2H4S/c1-22-14-15-5-2-3-6-19(15)20(7-8-20)16-11-17(21)13-18(12-16)24-10-4-9-23-24;2*3-1-2-4;1-2-3/h2-6,9-13,22H,7-8,14H2,1H3;1,3H2;1-2H;2H,1H3. The summed E-state index contributed by atoms with van der Waals surface area (Å²) < 4.78 is 1.87. The molecular weight excluding hydrogens is 482 g/mol. The van der Waals surface area contributed by atoms with E-state index in [1.165, 1.54) is 16.7 Å². The van der Waals surface area contributed by atoms with Gasteiger partial charge in [-0.2, -0.15) is 10.4 Å². The molecule has 184 valence electrons. The number of nitrogens with two attached hydrogens (primary N) is 1. The third-order valence-electron chi connectivity index (χ3n) is 5.00. The second kappa shape index (κ2) is 16.4. The molecule has 0 atom stereocenters. The van der Waals surface area contributed by atoms with Gasteiger partial charge >= 0.3 is 0 Å². The maximum Gasteiger partial charge on any atom is 0.182 e. The highest BCUT2D eigenvalue weighted by molar-refractivity contribution is 7.78. The summed E-state index contributed by atoms with van der Waals surface area (Å²) in [6.45, 7) is 2.82. The van der Waals surface area contributed by atoms with E-state index in [9.17, 15) is 0 Å². The van der Waals surface area contributed by atoms with E-state index in [0.29, 0.717) is 0 Å². The second-order valence-electron chi connectivity index (χ2n) is 7.29. The van der Waals surface area contributed by atoms with Crippen molar-refractivity contribution in [2.24, 2.45) is 5.73 Å². The van der Waals surface area contributed by atoms with Gasteiger partial charge in [-0.25, -0.2) is 4.68 Å². The molecule has 0 radical (unpaired) electrons. The summed E-state index contributed by atoms with van der Waals surface area (Å²) in [6, 6.07) is 18.6. The first-order chi connectivity index (χ1) is 17.0. The molecule has 9 heteroatoms. The fourth-order valence-corrected chi connectivity index (χ4v) is 3.80. The van der Waals surface area contributed by atoms with Crippen LogP contribution in [0.4, 0.5) is 0 Å². The van der Waals surface area contributed by atoms with Gasteiger partial charge in [0.2, 0.25) is 0 Å². The zero-order valence-electron chi connectivity index (χ0n) is 19.9. The topological polar surface area (TPSA) is 114 Å². The Balaban J connectivity index is 0.000000474. The van der Waals surface area contributed by atoms with Crippen molar-refractivity contribution in [1.29, 1.82) is 5.26 Å². The van der Waals surface area contributed by atoms with Crippen LogP contribution in [0.3, 0.4) is 0 Å². The van der Waals surface area contributed by atoms with Crippen molar-refractivity contribution in [3.63, 3.8) is 0 Å². The lowest BCUT2D eigenvalue weighted by Gasteiger charge is -2.21. The number of nitriles is 1. The van der Waals surface area contributed by atoms with Crippen LogP contribution in [0.15, 0.2) is 60.9 Å². The molecule has 0 amide bonds. The summed E-state index contributed by atoms with van der Waals surface area (Å²) in [6.07, 6.45) is 6.44. The zero-order valence-corrected chi connectivity index (χ0v) is 21.4. The summed E-state index contributed by atoms with van der Waals surface area (Å²) in [7, 11) is 1.99. The van der Waals surface area contributed by atoms with Gasteiger partial charge < -0.3 is 11.1 Å². The lowest BCUT2D eigenvalue weighted by molar-refractivity contribution is -0.122. The molecule has 0 aliphatic heterocycles. The Morgan fingerprint density at radius 1 is 1.23 bits per heavy atom. The number of nitrogens with one attached hydrogen (secondary N) is 1. The minimum atomic E-state index is 0.0836. The number of nitrogens with zero attached hydrogens (tertiary/aromatic N) is 3. The van der Waals surface area contributed by atoms with E-state index in [1.807, 2.05) is 37.0 Å². The molecule has 1 saturated carbocycles. The highest BCUT2D eigenvalue weighted by Gasteiger charge is 2.47. The van der Waals surface area contributed by atoms with Crippen LogP contribution in [0.1, 0.15) is 36.5 Å². The van der Waals surface area contributed by atoms with E-state index in [0.717, 1.165) is 30.1 Å². The minimum absolute atomic E-state index is 0.0836. The molecule has 7 nitrogen and oxygen atoms in total. The van der Waals surface area contributed by atoms with Gasteiger partial charge in [0.1, 0.15) is 0 Å². The Bertz CT molecular complexity index is 1100. The molecule has 0 unspecified atom stereocenters. The van der Waals surface area contributed by atoms with Gasteiger partial charge in [0.15, 0.2) is 12.6 Å². The van der Waals surface area contributed by atoms with Crippen LogP contribution in [-0.2, 0) is 21.5 Å². The van der Waals surface area contributed by atoms with Crippen LogP contribution in [0, 0.1) is 11.3 Å². The number of aldehydes is 2. The second-order valence-corrected chi connectivity index (χ2v) is 8.20. The Labute approximate surface area is 216 Å². The van der Waals surface area contributed by atoms with Crippen molar-refractivity contribution < 1.29 is 9.59 Å². The third-order valence-corrected chi connectivity index (χ3v) is 5.22. The van der Waals surface area contributed by atoms with Crippen molar-refractivity contribution in [2.45, 2.75) is 31.7 Å². The fraction of sp³-hybridized carbons (Fsp3) is 0.269. The Hall–Kier alpha value is -3.22. The van der Waals surface area contributed by atoms with Crippen LogP contribution in [0.2, 0.25) is 5.02 Å². The van der Waals surface area contributed by atoms with Crippen LogP contribution >= 0.6 is 23.8 Å². The molecule has 1 aliphatic rings. The quantitative estimate of drug-likeness (QED) is 0.221. The molecule has 0 spiro atoms. The predicted molar refractivity (Wildman–Crippen MR) is 144 cm³/mol. The molecule has 35 heavy (non-hydrogen) atoms. The minimum Gasteiger partial charge on any atom is -0.318 e. The van der Waals surface area contributed by atoms with E-state index in [1.54, 1.807) is 17.6 Å². The summed E-state index contributed by atoms with van der Waals surface area (Å²) in [4.78, 5) is 17.6. The largest absolute Gasteiger partial charge is 0.318 e. The smallest absolute Gasteiger partial charge is 0.182 e. The van der Waals surface area contributed by atoms with Gasteiger partial charge in [-0.15, -0.1) is 0 Å². The Morgan fingerprint density at radius 3 is 2.34 bits per heavy atom. The average Bonchev–Trinajstić information content (AvgIpc) is 3.50. The first kappa shape index (κ1) is 29.8. The normalized spacial score (nSPS) is 12.1. The van der Waals surface area contributed by atoms with Crippen molar-refractivity contribution >= 4 is 41.8 Å². The SMILES string of the molecule is CC=S.CNCc1ccccc1C1(c2cc(Cl)cc(-n3cccn3)c2)CC1.N#CCN.O=CC=O. The van der Waals surface area contributed by atoms with Crippen molar-refractivity contribution in [3.8, 4) is 11.8 Å². The van der Waals surface area contributed by atoms with Gasteiger partial charge in [0.25, 0.3) is 0 Å². The number of thiocarbonyl (C=S) groups is 1. The summed E-state index contributed by atoms with van der Waals surface area (Å²) in [5.41, 5.74) is 9.82. The molecule has 1 aromatic heterocycles. The molecular formula is C26H30ClN5O2S. The maximum atomic E-state index is 8.81. The molecule has 1 heterocycles. The van der Waals surface area contributed by atoms with E-state index in [2.05, 4.69) is 64.8 Å². The number of aromatic nitrogens is 2. The van der Waals surface area contributed by atoms with E-state index < -0.39 is 0 Å². The average molecular weight is 512 g/mol. The predicted octanol–water partition coefficient (Wildman–Crippen LogP) is 4.18. The Kier molecular flexibility index (Phi) is 14.0. The van der Waals surface area contributed by atoms with Crippen molar-refractivity contribution in [3.05, 3.63) is 82.6 Å². The molecule has 0 saturated heterocycles. The number of hydrogen-bond acceptors (Lipinski definition) is 7. The lowest BCUT2D eigenvalue weighted by Crippen LogP contribution is -2.16. The van der Waals surface area contributed by atoms with E-state index in [-0.39, 0.29) is 24.5 Å². The lowest BCUT2D eigenvalue weighted by atomic mass is 9.85. The molecule has 4 rings (SSSR count). The molecule has 2 aromatic carbocycles. The molecule has 3 N–H and O–H groups in total. The van der Waals surface area contributed by atoms with Gasteiger partial charge in [-0.1, -0.05) is 48.1 Å². The zero-order chi connectivity index (χ0) is 26.1. The van der Waals surface area contributed by atoms with Gasteiger partial charge in [-0.3, -0.25) is 9.59 Å². The summed E-state index contributed by atoms with van der Waals surface area (Å²) in [5, 5.41) is 17.5. The first-order valence-electron chi connectivity index (χ1n) is 10.9. The maximum absolute atomic E-state index is 8.81. The number of hydrogen-bond donors (Lipinski definition) is 2. The monoisotopic (exact) mass is 511 g/mol. The third kappa shape index (κ3) is 9.15. The van der Waals surface area contributed by atoms with Crippen molar-refractivity contribution in [2.75, 3.05) is 13.6 Å². The van der Waals surface area contributed by atoms with Crippen LogP contribution in [0.5, 0.6) is 0 Å². The fourth-order valence-electron chi connectivity index (χ4n) is 3.57. The van der Waals surface area contributed by atoms with Gasteiger partial charge in [0.05, 0.1) is 18.3 Å². The molecule has 0 bridgehead atoms. The molecule has 3 aromatic rings. The number of carbonyl (C=O) groups excluding carboxylic acids is 2. The highest BCUT2D eigenvalue weighted by Crippen LogP contribution is 2.55. The number of halogens is 1. The number of carbonyl (C=O) groups is 2. The summed E-state index contributed by atoms with van der Waals surface area (Å²) >= 11 is 10.7. The van der Waals surface area contributed by atoms with E-state index in [4.69, 9.17) is 26.5 Å². The summed E-state index contributed by atoms with van der Waals surface area (Å²) in [5.74, 6) is 0. The highest BCUT2D eigenvalue weighted by atomic mass is 35.5. The van der Waals surface area contributed by atoms with Crippen LogP contribution in [-0.4, -0.2) is 41.3 Å². The van der Waals surface area contributed by atoms with Crippen LogP contribution in [0.25, 0.3) is 5.69 Å². The Morgan fingerprint density at radius 2 is 1.86 bits per heavy atom. The van der Waals surface area contributed by atoms with Crippen LogP contribution < -0.4 is 11.1 Å². The first-order valence-corrected chi connectivity index (χ1v) is 11.7.